The minimum Gasteiger partial charge on any atom is -0.0801 e. The summed E-state index contributed by atoms with van der Waals surface area (Å²) in [7, 11) is 0. The maximum Gasteiger partial charge on any atom is -0.00820 e. The molecule has 0 N–H and O–H groups in total. The molecule has 0 amide bonds. The molecular formula is C15H10. The van der Waals surface area contributed by atoms with Gasteiger partial charge in [-0.1, -0.05) is 42.5 Å². The second-order valence-electron chi connectivity index (χ2n) is 4.21. The Morgan fingerprint density at radius 2 is 1.73 bits per heavy atom. The Morgan fingerprint density at radius 1 is 0.933 bits per heavy atom. The Hall–Kier alpha value is -1.82. The van der Waals surface area contributed by atoms with Crippen LogP contribution in [0.2, 0.25) is 0 Å². The van der Waals surface area contributed by atoms with Crippen LogP contribution in [0, 0.1) is 0 Å². The number of allylic oxidation sites excluding steroid dienone is 2. The van der Waals surface area contributed by atoms with Gasteiger partial charge in [0, 0.05) is 0 Å². The standard InChI is InChI=1S/C15H10/c1-3-7-12-10(5-1)11-6-2-4-8-13(11)15-9-14(12)15/h1-7,9H,8H2. The average Bonchev–Trinajstić information content (AvgIpc) is 3.10. The van der Waals surface area contributed by atoms with Crippen LogP contribution in [0.25, 0.3) is 22.9 Å². The van der Waals surface area contributed by atoms with Crippen LogP contribution < -0.4 is 10.4 Å². The smallest absolute Gasteiger partial charge is 0.00820 e. The van der Waals surface area contributed by atoms with E-state index < -0.39 is 0 Å². The van der Waals surface area contributed by atoms with E-state index in [9.17, 15) is 0 Å². The minimum atomic E-state index is 1.09. The molecule has 2 aromatic rings. The van der Waals surface area contributed by atoms with E-state index in [2.05, 4.69) is 48.6 Å². The van der Waals surface area contributed by atoms with Gasteiger partial charge in [-0.3, -0.25) is 0 Å². The fourth-order valence-electron chi connectivity index (χ4n) is 2.60. The van der Waals surface area contributed by atoms with Crippen molar-refractivity contribution in [2.24, 2.45) is 0 Å². The van der Waals surface area contributed by atoms with E-state index in [4.69, 9.17) is 0 Å². The number of hydrogen-bond donors (Lipinski definition) is 0. The highest BCUT2D eigenvalue weighted by Crippen LogP contribution is 2.20. The summed E-state index contributed by atoms with van der Waals surface area (Å²) in [5, 5.41) is 5.72. The molecule has 0 aromatic heterocycles. The van der Waals surface area contributed by atoms with Crippen molar-refractivity contribution in [3.63, 3.8) is 0 Å². The third-order valence-corrected chi connectivity index (χ3v) is 3.37. The summed E-state index contributed by atoms with van der Waals surface area (Å²) in [6, 6.07) is 8.71. The zero-order chi connectivity index (χ0) is 9.83. The first-order chi connectivity index (χ1) is 7.45. The quantitative estimate of drug-likeness (QED) is 0.507. The Bertz CT molecular complexity index is 731. The van der Waals surface area contributed by atoms with E-state index in [-0.39, 0.29) is 0 Å². The summed E-state index contributed by atoms with van der Waals surface area (Å²) in [5.74, 6) is 0. The molecule has 0 aliphatic heterocycles. The van der Waals surface area contributed by atoms with E-state index >= 15 is 0 Å². The van der Waals surface area contributed by atoms with E-state index in [1.54, 1.807) is 0 Å². The molecule has 0 nitrogen and oxygen atoms in total. The summed E-state index contributed by atoms with van der Waals surface area (Å²) in [6.45, 7) is 0. The molecule has 0 heteroatoms. The summed E-state index contributed by atoms with van der Waals surface area (Å²) < 4.78 is 0. The zero-order valence-electron chi connectivity index (χ0n) is 8.33. The van der Waals surface area contributed by atoms with Crippen LogP contribution in [0.3, 0.4) is 0 Å². The Kier molecular flexibility index (Phi) is 1.20. The molecule has 0 spiro atoms. The third-order valence-electron chi connectivity index (χ3n) is 3.37. The lowest BCUT2D eigenvalue weighted by Crippen LogP contribution is -2.15. The van der Waals surface area contributed by atoms with Crippen molar-refractivity contribution in [1.29, 1.82) is 0 Å². The lowest BCUT2D eigenvalue weighted by atomic mass is 9.98. The monoisotopic (exact) mass is 190 g/mol. The van der Waals surface area contributed by atoms with Crippen molar-refractivity contribution in [3.05, 3.63) is 58.0 Å². The Morgan fingerprint density at radius 3 is 2.60 bits per heavy atom. The predicted molar refractivity (Wildman–Crippen MR) is 64.1 cm³/mol. The molecule has 4 rings (SSSR count). The highest BCUT2D eigenvalue weighted by Gasteiger charge is 2.17. The van der Waals surface area contributed by atoms with Gasteiger partial charge in [0.15, 0.2) is 0 Å². The van der Waals surface area contributed by atoms with E-state index in [1.165, 1.54) is 32.3 Å². The molecule has 0 unspecified atom stereocenters. The topological polar surface area (TPSA) is 0 Å². The first kappa shape index (κ1) is 7.47. The average molecular weight is 190 g/mol. The van der Waals surface area contributed by atoms with Crippen molar-refractivity contribution < 1.29 is 0 Å². The maximum absolute atomic E-state index is 2.31. The molecular weight excluding hydrogens is 180 g/mol. The van der Waals surface area contributed by atoms with E-state index in [1.807, 2.05) is 0 Å². The number of fused-ring (bicyclic) bond motifs is 6. The SMILES string of the molecule is C1=CCc2c3c(c4ccccc4c2=C1)=C3. The normalized spacial score (nSPS) is 15.2. The summed E-state index contributed by atoms with van der Waals surface area (Å²) >= 11 is 0. The van der Waals surface area contributed by atoms with Crippen LogP contribution in [0.5, 0.6) is 0 Å². The van der Waals surface area contributed by atoms with Crippen LogP contribution in [-0.2, 0) is 6.42 Å². The first-order valence-corrected chi connectivity index (χ1v) is 5.37. The van der Waals surface area contributed by atoms with Crippen LogP contribution in [-0.4, -0.2) is 0 Å². The third kappa shape index (κ3) is 0.866. The van der Waals surface area contributed by atoms with Gasteiger partial charge in [0.1, 0.15) is 0 Å². The lowest BCUT2D eigenvalue weighted by Gasteiger charge is -2.06. The van der Waals surface area contributed by atoms with Crippen molar-refractivity contribution in [3.8, 4) is 0 Å². The molecule has 2 aromatic carbocycles. The Labute approximate surface area is 87.9 Å². The van der Waals surface area contributed by atoms with Crippen molar-refractivity contribution >= 4 is 22.9 Å². The number of rotatable bonds is 0. The van der Waals surface area contributed by atoms with E-state index in [0.29, 0.717) is 0 Å². The van der Waals surface area contributed by atoms with Gasteiger partial charge in [-0.25, -0.2) is 0 Å². The zero-order valence-corrected chi connectivity index (χ0v) is 8.33. The lowest BCUT2D eigenvalue weighted by molar-refractivity contribution is 1.24. The van der Waals surface area contributed by atoms with Gasteiger partial charge >= 0.3 is 0 Å². The largest absolute Gasteiger partial charge is 0.0801 e. The van der Waals surface area contributed by atoms with Crippen molar-refractivity contribution in [2.45, 2.75) is 6.42 Å². The highest BCUT2D eigenvalue weighted by molar-refractivity contribution is 5.95. The molecule has 0 radical (unpaired) electrons. The minimum absolute atomic E-state index is 1.09. The van der Waals surface area contributed by atoms with Crippen molar-refractivity contribution in [2.75, 3.05) is 0 Å². The molecule has 0 atom stereocenters. The van der Waals surface area contributed by atoms with Gasteiger partial charge in [-0.05, 0) is 44.8 Å². The molecule has 0 bridgehead atoms. The molecule has 0 fully saturated rings. The molecule has 15 heavy (non-hydrogen) atoms. The summed E-state index contributed by atoms with van der Waals surface area (Å²) in [6.07, 6.45) is 10.1. The molecule has 70 valence electrons. The molecule has 0 saturated carbocycles. The van der Waals surface area contributed by atoms with Crippen LogP contribution in [0.1, 0.15) is 11.1 Å². The van der Waals surface area contributed by atoms with Gasteiger partial charge < -0.3 is 0 Å². The molecule has 0 saturated heterocycles. The second kappa shape index (κ2) is 2.40. The fraction of sp³-hybridized carbons (Fsp3) is 0.0667. The number of hydrogen-bond acceptors (Lipinski definition) is 0. The number of benzene rings is 2. The van der Waals surface area contributed by atoms with Crippen LogP contribution in [0.4, 0.5) is 0 Å². The molecule has 2 aliphatic rings. The Balaban J connectivity index is 2.36. The van der Waals surface area contributed by atoms with Gasteiger partial charge in [0.05, 0.1) is 0 Å². The van der Waals surface area contributed by atoms with E-state index in [0.717, 1.165) is 6.42 Å². The maximum atomic E-state index is 2.31. The summed E-state index contributed by atoms with van der Waals surface area (Å²) in [5.41, 5.74) is 3.01. The van der Waals surface area contributed by atoms with Gasteiger partial charge in [0.25, 0.3) is 0 Å². The van der Waals surface area contributed by atoms with Crippen LogP contribution in [0.15, 0.2) is 36.4 Å². The predicted octanol–water partition coefficient (Wildman–Crippen LogP) is 1.87. The first-order valence-electron chi connectivity index (χ1n) is 5.37. The van der Waals surface area contributed by atoms with Gasteiger partial charge in [0.2, 0.25) is 0 Å². The van der Waals surface area contributed by atoms with Crippen molar-refractivity contribution in [1.82, 2.24) is 0 Å². The summed E-state index contributed by atoms with van der Waals surface area (Å²) in [4.78, 5) is 0. The molecule has 0 heterocycles. The molecule has 2 aliphatic carbocycles. The van der Waals surface area contributed by atoms with Gasteiger partial charge in [-0.2, -0.15) is 0 Å². The second-order valence-corrected chi connectivity index (χ2v) is 4.21. The highest BCUT2D eigenvalue weighted by atomic mass is 14.2. The van der Waals surface area contributed by atoms with Gasteiger partial charge in [-0.15, -0.1) is 0 Å². The fourth-order valence-corrected chi connectivity index (χ4v) is 2.60. The van der Waals surface area contributed by atoms with Crippen LogP contribution >= 0.6 is 0 Å².